The second-order valence-corrected chi connectivity index (χ2v) is 6.29. The van der Waals surface area contributed by atoms with Gasteiger partial charge in [0.1, 0.15) is 0 Å². The van der Waals surface area contributed by atoms with Crippen LogP contribution in [0, 0.1) is 0 Å². The van der Waals surface area contributed by atoms with Gasteiger partial charge in [0.05, 0.1) is 0 Å². The summed E-state index contributed by atoms with van der Waals surface area (Å²) in [6, 6.07) is 0. The molecule has 0 spiro atoms. The first-order valence-electron chi connectivity index (χ1n) is 9.11. The second-order valence-electron chi connectivity index (χ2n) is 6.29. The Morgan fingerprint density at radius 1 is 0.600 bits per heavy atom. The van der Waals surface area contributed by atoms with Crippen molar-refractivity contribution in [1.29, 1.82) is 0 Å². The highest BCUT2D eigenvalue weighted by atomic mass is 16.7. The highest BCUT2D eigenvalue weighted by molar-refractivity contribution is 4.72. The lowest BCUT2D eigenvalue weighted by atomic mass is 9.97. The molecule has 1 fully saturated rings. The van der Waals surface area contributed by atoms with Crippen LogP contribution < -0.4 is 0 Å². The highest BCUT2D eigenvalue weighted by Gasteiger charge is 2.30. The molecule has 2 nitrogen and oxygen atoms in total. The monoisotopic (exact) mass is 284 g/mol. The number of hydrogen-bond donors (Lipinski definition) is 0. The van der Waals surface area contributed by atoms with Gasteiger partial charge >= 0.3 is 0 Å². The molecule has 0 heterocycles. The second kappa shape index (κ2) is 11.6. The van der Waals surface area contributed by atoms with Crippen molar-refractivity contribution in [3.05, 3.63) is 0 Å². The minimum Gasteiger partial charge on any atom is -0.350 e. The summed E-state index contributed by atoms with van der Waals surface area (Å²) in [7, 11) is 0. The molecule has 0 radical (unpaired) electrons. The molecule has 120 valence electrons. The Balaban J connectivity index is 2.55. The van der Waals surface area contributed by atoms with E-state index in [0.29, 0.717) is 0 Å². The third kappa shape index (κ3) is 7.64. The molecule has 2 heteroatoms. The Hall–Kier alpha value is -0.0800. The average molecular weight is 284 g/mol. The van der Waals surface area contributed by atoms with Gasteiger partial charge < -0.3 is 9.47 Å². The molecule has 1 rings (SSSR count). The van der Waals surface area contributed by atoms with Crippen LogP contribution in [0.5, 0.6) is 0 Å². The van der Waals surface area contributed by atoms with Crippen molar-refractivity contribution in [2.24, 2.45) is 0 Å². The first kappa shape index (κ1) is 18.0. The van der Waals surface area contributed by atoms with E-state index in [1.807, 2.05) is 0 Å². The van der Waals surface area contributed by atoms with Crippen LogP contribution in [0.2, 0.25) is 0 Å². The molecule has 0 saturated heterocycles. The normalized spacial score (nSPS) is 21.9. The van der Waals surface area contributed by atoms with Crippen molar-refractivity contribution >= 4 is 0 Å². The van der Waals surface area contributed by atoms with Crippen molar-refractivity contribution in [3.63, 3.8) is 0 Å². The molecule has 0 aromatic rings. The summed E-state index contributed by atoms with van der Waals surface area (Å²) in [5.41, 5.74) is 0. The fourth-order valence-electron chi connectivity index (χ4n) is 3.06. The van der Waals surface area contributed by atoms with Gasteiger partial charge in [-0.3, -0.25) is 0 Å². The van der Waals surface area contributed by atoms with E-state index >= 15 is 0 Å². The predicted molar refractivity (Wildman–Crippen MR) is 86.0 cm³/mol. The van der Waals surface area contributed by atoms with E-state index in [4.69, 9.17) is 9.47 Å². The predicted octanol–water partition coefficient (Wildman–Crippen LogP) is 5.84. The summed E-state index contributed by atoms with van der Waals surface area (Å²) < 4.78 is 12.4. The van der Waals surface area contributed by atoms with Gasteiger partial charge in [0.15, 0.2) is 5.79 Å². The summed E-state index contributed by atoms with van der Waals surface area (Å²) in [5, 5.41) is 0. The van der Waals surface area contributed by atoms with Crippen LogP contribution in [-0.4, -0.2) is 19.0 Å². The molecule has 1 aliphatic rings. The smallest absolute Gasteiger partial charge is 0.168 e. The number of rotatable bonds is 6. The van der Waals surface area contributed by atoms with Crippen LogP contribution >= 0.6 is 0 Å². The Kier molecular flexibility index (Phi) is 10.4. The molecule has 0 atom stereocenters. The van der Waals surface area contributed by atoms with E-state index < -0.39 is 0 Å². The zero-order valence-corrected chi connectivity index (χ0v) is 13.9. The third-order valence-corrected chi connectivity index (χ3v) is 4.25. The van der Waals surface area contributed by atoms with Crippen LogP contribution in [-0.2, 0) is 9.47 Å². The molecule has 0 aromatic heterocycles. The Bertz CT molecular complexity index is 193. The highest BCUT2D eigenvalue weighted by Crippen LogP contribution is 2.30. The lowest BCUT2D eigenvalue weighted by Crippen LogP contribution is -2.37. The molecule has 0 aliphatic heterocycles. The number of ether oxygens (including phenoxy) is 2. The van der Waals surface area contributed by atoms with E-state index in [9.17, 15) is 0 Å². The molecular formula is C18H36O2. The fourth-order valence-corrected chi connectivity index (χ4v) is 3.06. The largest absolute Gasteiger partial charge is 0.350 e. The summed E-state index contributed by atoms with van der Waals surface area (Å²) in [4.78, 5) is 0. The Morgan fingerprint density at radius 2 is 0.950 bits per heavy atom. The van der Waals surface area contributed by atoms with E-state index in [1.165, 1.54) is 57.8 Å². The van der Waals surface area contributed by atoms with Gasteiger partial charge in [0.2, 0.25) is 0 Å². The maximum absolute atomic E-state index is 6.20. The first-order chi connectivity index (χ1) is 9.83. The summed E-state index contributed by atoms with van der Waals surface area (Å²) in [5.74, 6) is -0.273. The lowest BCUT2D eigenvalue weighted by molar-refractivity contribution is -0.246. The molecule has 1 aliphatic carbocycles. The van der Waals surface area contributed by atoms with E-state index in [0.717, 1.165) is 38.9 Å². The van der Waals surface area contributed by atoms with Crippen molar-refractivity contribution in [2.75, 3.05) is 13.2 Å². The third-order valence-electron chi connectivity index (χ3n) is 4.25. The van der Waals surface area contributed by atoms with Gasteiger partial charge in [-0.1, -0.05) is 58.8 Å². The quantitative estimate of drug-likeness (QED) is 0.570. The molecule has 0 amide bonds. The number of hydrogen-bond acceptors (Lipinski definition) is 2. The van der Waals surface area contributed by atoms with Crippen molar-refractivity contribution in [3.8, 4) is 0 Å². The van der Waals surface area contributed by atoms with E-state index in [-0.39, 0.29) is 5.79 Å². The van der Waals surface area contributed by atoms with Crippen LogP contribution in [0.1, 0.15) is 97.3 Å². The zero-order valence-electron chi connectivity index (χ0n) is 13.9. The van der Waals surface area contributed by atoms with E-state index in [1.54, 1.807) is 0 Å². The van der Waals surface area contributed by atoms with Crippen LogP contribution in [0.25, 0.3) is 0 Å². The SMILES string of the molecule is CCCOC1(OCCC)CCCCCCCCCCC1. The van der Waals surface area contributed by atoms with Gasteiger partial charge in [-0.05, 0) is 25.7 Å². The van der Waals surface area contributed by atoms with Crippen molar-refractivity contribution in [1.82, 2.24) is 0 Å². The Labute approximate surface area is 126 Å². The van der Waals surface area contributed by atoms with Gasteiger partial charge in [-0.2, -0.15) is 0 Å². The summed E-state index contributed by atoms with van der Waals surface area (Å²) in [6.45, 7) is 6.04. The molecule has 1 saturated carbocycles. The van der Waals surface area contributed by atoms with Crippen LogP contribution in [0.4, 0.5) is 0 Å². The maximum Gasteiger partial charge on any atom is 0.168 e. The summed E-state index contributed by atoms with van der Waals surface area (Å²) in [6.07, 6.45) is 16.6. The zero-order chi connectivity index (χ0) is 14.5. The van der Waals surface area contributed by atoms with E-state index in [2.05, 4.69) is 13.8 Å². The maximum atomic E-state index is 6.20. The molecular weight excluding hydrogens is 248 g/mol. The van der Waals surface area contributed by atoms with Gasteiger partial charge in [-0.15, -0.1) is 0 Å². The minimum absolute atomic E-state index is 0.273. The minimum atomic E-state index is -0.273. The molecule has 0 N–H and O–H groups in total. The van der Waals surface area contributed by atoms with Crippen molar-refractivity contribution < 1.29 is 9.47 Å². The van der Waals surface area contributed by atoms with Crippen LogP contribution in [0.15, 0.2) is 0 Å². The Morgan fingerprint density at radius 3 is 1.30 bits per heavy atom. The topological polar surface area (TPSA) is 18.5 Å². The lowest BCUT2D eigenvalue weighted by Gasteiger charge is -2.34. The van der Waals surface area contributed by atoms with Crippen molar-refractivity contribution in [2.45, 2.75) is 103 Å². The fraction of sp³-hybridized carbons (Fsp3) is 1.00. The van der Waals surface area contributed by atoms with Gasteiger partial charge in [-0.25, -0.2) is 0 Å². The first-order valence-corrected chi connectivity index (χ1v) is 9.11. The van der Waals surface area contributed by atoms with Gasteiger partial charge in [0, 0.05) is 26.1 Å². The molecule has 0 bridgehead atoms. The standard InChI is InChI=1S/C18H36O2/c1-3-16-19-18(20-17-4-2)14-12-10-8-6-5-7-9-11-13-15-18/h3-17H2,1-2H3. The summed E-state index contributed by atoms with van der Waals surface area (Å²) >= 11 is 0. The average Bonchev–Trinajstić information content (AvgIpc) is 2.46. The molecule has 20 heavy (non-hydrogen) atoms. The molecule has 0 unspecified atom stereocenters. The van der Waals surface area contributed by atoms with Crippen LogP contribution in [0.3, 0.4) is 0 Å². The van der Waals surface area contributed by atoms with Gasteiger partial charge in [0.25, 0.3) is 0 Å². The molecule has 0 aromatic carbocycles.